The molecule has 1 saturated heterocycles. The van der Waals surface area contributed by atoms with Crippen LogP contribution in [0.1, 0.15) is 31.2 Å². The third-order valence-electron chi connectivity index (χ3n) is 3.14. The molecule has 4 nitrogen and oxygen atoms in total. The van der Waals surface area contributed by atoms with Crippen LogP contribution in [-0.4, -0.2) is 35.7 Å². The summed E-state index contributed by atoms with van der Waals surface area (Å²) in [4.78, 5) is 2.41. The summed E-state index contributed by atoms with van der Waals surface area (Å²) in [5.41, 5.74) is 0.963. The van der Waals surface area contributed by atoms with Crippen LogP contribution in [0.3, 0.4) is 0 Å². The fraction of sp³-hybridized carbons (Fsp3) is 0.750. The van der Waals surface area contributed by atoms with Crippen LogP contribution in [0.25, 0.3) is 0 Å². The number of nitrogens with zero attached hydrogens (tertiary/aromatic N) is 2. The molecule has 90 valence electrons. The summed E-state index contributed by atoms with van der Waals surface area (Å²) in [6.07, 6.45) is 2.61. The van der Waals surface area contributed by atoms with Crippen LogP contribution in [0, 0.1) is 6.92 Å². The van der Waals surface area contributed by atoms with Crippen molar-refractivity contribution in [2.75, 3.05) is 19.6 Å². The molecular formula is C12H21N3O. The Morgan fingerprint density at radius 1 is 1.62 bits per heavy atom. The molecule has 1 aliphatic heterocycles. The summed E-state index contributed by atoms with van der Waals surface area (Å²) >= 11 is 0. The molecular weight excluding hydrogens is 202 g/mol. The lowest BCUT2D eigenvalue weighted by Crippen LogP contribution is -2.37. The number of hydrogen-bond acceptors (Lipinski definition) is 4. The topological polar surface area (TPSA) is 41.3 Å². The first-order chi connectivity index (χ1) is 7.78. The van der Waals surface area contributed by atoms with E-state index in [0.717, 1.165) is 31.1 Å². The molecule has 1 atom stereocenters. The second kappa shape index (κ2) is 5.46. The Hall–Kier alpha value is -0.870. The molecule has 1 aliphatic rings. The lowest BCUT2D eigenvalue weighted by atomic mass is 10.2. The molecule has 0 bridgehead atoms. The van der Waals surface area contributed by atoms with Crippen molar-refractivity contribution in [3.05, 3.63) is 17.5 Å². The van der Waals surface area contributed by atoms with Gasteiger partial charge in [-0.25, -0.2) is 0 Å². The van der Waals surface area contributed by atoms with Gasteiger partial charge < -0.3 is 9.84 Å². The largest absolute Gasteiger partial charge is 0.360 e. The Bertz CT molecular complexity index is 318. The fourth-order valence-corrected chi connectivity index (χ4v) is 2.24. The van der Waals surface area contributed by atoms with E-state index >= 15 is 0 Å². The summed E-state index contributed by atoms with van der Waals surface area (Å²) in [5, 5.41) is 7.44. The Morgan fingerprint density at radius 2 is 2.50 bits per heavy atom. The summed E-state index contributed by atoms with van der Waals surface area (Å²) in [7, 11) is 0. The number of aromatic nitrogens is 1. The van der Waals surface area contributed by atoms with E-state index in [0.29, 0.717) is 6.04 Å². The van der Waals surface area contributed by atoms with Crippen molar-refractivity contribution < 1.29 is 4.52 Å². The summed E-state index contributed by atoms with van der Waals surface area (Å²) < 4.78 is 5.25. The fourth-order valence-electron chi connectivity index (χ4n) is 2.24. The van der Waals surface area contributed by atoms with Gasteiger partial charge >= 0.3 is 0 Å². The Labute approximate surface area is 97.0 Å². The quantitative estimate of drug-likeness (QED) is 0.822. The van der Waals surface area contributed by atoms with Crippen LogP contribution < -0.4 is 5.32 Å². The van der Waals surface area contributed by atoms with Gasteiger partial charge in [0.25, 0.3) is 0 Å². The van der Waals surface area contributed by atoms with Crippen molar-refractivity contribution in [2.45, 2.75) is 39.3 Å². The van der Waals surface area contributed by atoms with Crippen molar-refractivity contribution >= 4 is 0 Å². The van der Waals surface area contributed by atoms with Gasteiger partial charge in [0.15, 0.2) is 5.76 Å². The lowest BCUT2D eigenvalue weighted by Gasteiger charge is -2.22. The van der Waals surface area contributed by atoms with E-state index in [1.165, 1.54) is 19.4 Å². The number of likely N-dealkylation sites (N-methyl/N-ethyl adjacent to an activating group) is 1. The maximum Gasteiger partial charge on any atom is 0.150 e. The SMILES string of the molecule is CCN(Cc1cc(C)no1)CC1CCCN1. The zero-order chi connectivity index (χ0) is 11.4. The highest BCUT2D eigenvalue weighted by Crippen LogP contribution is 2.10. The summed E-state index contributed by atoms with van der Waals surface area (Å²) in [6.45, 7) is 8.35. The van der Waals surface area contributed by atoms with Crippen LogP contribution in [0.15, 0.2) is 10.6 Å². The maximum absolute atomic E-state index is 5.25. The van der Waals surface area contributed by atoms with Crippen LogP contribution in [0.4, 0.5) is 0 Å². The summed E-state index contributed by atoms with van der Waals surface area (Å²) in [6, 6.07) is 2.68. The van der Waals surface area contributed by atoms with Crippen molar-refractivity contribution in [2.24, 2.45) is 0 Å². The van der Waals surface area contributed by atoms with Crippen LogP contribution in [-0.2, 0) is 6.54 Å². The van der Waals surface area contributed by atoms with Crippen LogP contribution >= 0.6 is 0 Å². The Morgan fingerprint density at radius 3 is 3.06 bits per heavy atom. The Kier molecular flexibility index (Phi) is 3.96. The van der Waals surface area contributed by atoms with E-state index in [1.807, 2.05) is 13.0 Å². The first-order valence-corrected chi connectivity index (χ1v) is 6.16. The van der Waals surface area contributed by atoms with E-state index in [1.54, 1.807) is 0 Å². The smallest absolute Gasteiger partial charge is 0.150 e. The molecule has 16 heavy (non-hydrogen) atoms. The molecule has 1 unspecified atom stereocenters. The normalized spacial score (nSPS) is 20.8. The molecule has 0 spiro atoms. The predicted octanol–water partition coefficient (Wildman–Crippen LogP) is 1.56. The summed E-state index contributed by atoms with van der Waals surface area (Å²) in [5.74, 6) is 0.970. The van der Waals surface area contributed by atoms with E-state index in [9.17, 15) is 0 Å². The third kappa shape index (κ3) is 3.06. The molecule has 0 amide bonds. The zero-order valence-corrected chi connectivity index (χ0v) is 10.2. The van der Waals surface area contributed by atoms with Gasteiger partial charge in [-0.1, -0.05) is 12.1 Å². The number of hydrogen-bond donors (Lipinski definition) is 1. The van der Waals surface area contributed by atoms with Crippen molar-refractivity contribution in [3.8, 4) is 0 Å². The molecule has 2 rings (SSSR count). The second-order valence-corrected chi connectivity index (χ2v) is 4.56. The molecule has 1 fully saturated rings. The molecule has 0 aromatic carbocycles. The first-order valence-electron chi connectivity index (χ1n) is 6.16. The molecule has 0 saturated carbocycles. The lowest BCUT2D eigenvalue weighted by molar-refractivity contribution is 0.223. The van der Waals surface area contributed by atoms with Gasteiger partial charge in [0.2, 0.25) is 0 Å². The van der Waals surface area contributed by atoms with E-state index < -0.39 is 0 Å². The molecule has 2 heterocycles. The van der Waals surface area contributed by atoms with E-state index in [-0.39, 0.29) is 0 Å². The van der Waals surface area contributed by atoms with Gasteiger partial charge in [-0.2, -0.15) is 0 Å². The van der Waals surface area contributed by atoms with Gasteiger partial charge in [0, 0.05) is 18.7 Å². The van der Waals surface area contributed by atoms with E-state index in [4.69, 9.17) is 4.52 Å². The highest BCUT2D eigenvalue weighted by molar-refractivity contribution is 5.02. The average molecular weight is 223 g/mol. The second-order valence-electron chi connectivity index (χ2n) is 4.56. The minimum absolute atomic E-state index is 0.656. The third-order valence-corrected chi connectivity index (χ3v) is 3.14. The van der Waals surface area contributed by atoms with Crippen molar-refractivity contribution in [1.82, 2.24) is 15.4 Å². The van der Waals surface area contributed by atoms with Gasteiger partial charge in [-0.05, 0) is 32.9 Å². The number of nitrogens with one attached hydrogen (secondary N) is 1. The van der Waals surface area contributed by atoms with Crippen molar-refractivity contribution in [3.63, 3.8) is 0 Å². The van der Waals surface area contributed by atoms with Crippen molar-refractivity contribution in [1.29, 1.82) is 0 Å². The molecule has 1 N–H and O–H groups in total. The minimum atomic E-state index is 0.656. The Balaban J connectivity index is 1.84. The first kappa shape index (κ1) is 11.6. The molecule has 4 heteroatoms. The molecule has 0 radical (unpaired) electrons. The maximum atomic E-state index is 5.25. The minimum Gasteiger partial charge on any atom is -0.360 e. The zero-order valence-electron chi connectivity index (χ0n) is 10.2. The van der Waals surface area contributed by atoms with Crippen LogP contribution in [0.2, 0.25) is 0 Å². The van der Waals surface area contributed by atoms with Crippen LogP contribution in [0.5, 0.6) is 0 Å². The van der Waals surface area contributed by atoms with Gasteiger partial charge in [0.05, 0.1) is 12.2 Å². The molecule has 1 aromatic rings. The van der Waals surface area contributed by atoms with Gasteiger partial charge in [-0.15, -0.1) is 0 Å². The standard InChI is InChI=1S/C12H21N3O/c1-3-15(8-11-5-4-6-13-11)9-12-7-10(2)14-16-12/h7,11,13H,3-6,8-9H2,1-2H3. The predicted molar refractivity (Wildman–Crippen MR) is 63.2 cm³/mol. The number of rotatable bonds is 5. The van der Waals surface area contributed by atoms with Gasteiger partial charge in [0.1, 0.15) is 0 Å². The highest BCUT2D eigenvalue weighted by atomic mass is 16.5. The van der Waals surface area contributed by atoms with Gasteiger partial charge in [-0.3, -0.25) is 4.90 Å². The average Bonchev–Trinajstić information content (AvgIpc) is 2.89. The highest BCUT2D eigenvalue weighted by Gasteiger charge is 2.17. The molecule has 0 aliphatic carbocycles. The van der Waals surface area contributed by atoms with E-state index in [2.05, 4.69) is 22.3 Å². The monoisotopic (exact) mass is 223 g/mol. The molecule has 1 aromatic heterocycles. The number of aryl methyl sites for hydroxylation is 1.